The zero-order valence-electron chi connectivity index (χ0n) is 14.8. The third-order valence-electron chi connectivity index (χ3n) is 4.38. The molecule has 0 N–H and O–H groups in total. The van der Waals surface area contributed by atoms with Gasteiger partial charge in [-0.2, -0.15) is 5.10 Å². The van der Waals surface area contributed by atoms with Crippen molar-refractivity contribution in [3.8, 4) is 11.5 Å². The van der Waals surface area contributed by atoms with Gasteiger partial charge in [-0.3, -0.25) is 9.48 Å². The average molecular weight is 346 g/mol. The summed E-state index contributed by atoms with van der Waals surface area (Å²) in [7, 11) is 3.56. The van der Waals surface area contributed by atoms with Crippen LogP contribution < -0.4 is 4.90 Å². The quantitative estimate of drug-likeness (QED) is 0.566. The van der Waals surface area contributed by atoms with Gasteiger partial charge in [-0.05, 0) is 29.8 Å². The lowest BCUT2D eigenvalue weighted by molar-refractivity contribution is 0.0987. The van der Waals surface area contributed by atoms with Crippen LogP contribution in [0, 0.1) is 6.92 Å². The van der Waals surface area contributed by atoms with E-state index in [1.807, 2.05) is 49.5 Å². The number of hydrogen-bond donors (Lipinski definition) is 0. The second-order valence-corrected chi connectivity index (χ2v) is 6.22. The van der Waals surface area contributed by atoms with Crippen molar-refractivity contribution in [3.63, 3.8) is 0 Å². The Labute approximate surface area is 150 Å². The monoisotopic (exact) mass is 346 g/mol. The Morgan fingerprint density at radius 1 is 1.15 bits per heavy atom. The lowest BCUT2D eigenvalue weighted by atomic mass is 10.1. The maximum absolute atomic E-state index is 12.9. The predicted molar refractivity (Wildman–Crippen MR) is 100 cm³/mol. The molecule has 0 aliphatic carbocycles. The molecule has 6 heteroatoms. The van der Waals surface area contributed by atoms with Gasteiger partial charge in [0.15, 0.2) is 5.69 Å². The molecular formula is C20H18N4O2. The number of amides is 1. The SMILES string of the molecule is Cc1oc(-c2cnn(C)c2)nc1C(=O)N(C)c1ccc2ccccc2c1. The Morgan fingerprint density at radius 3 is 2.65 bits per heavy atom. The molecule has 130 valence electrons. The third kappa shape index (κ3) is 2.75. The van der Waals surface area contributed by atoms with Crippen molar-refractivity contribution in [1.29, 1.82) is 0 Å². The topological polar surface area (TPSA) is 64.2 Å². The van der Waals surface area contributed by atoms with E-state index in [0.717, 1.165) is 22.0 Å². The van der Waals surface area contributed by atoms with E-state index >= 15 is 0 Å². The number of carbonyl (C=O) groups excluding carboxylic acids is 1. The van der Waals surface area contributed by atoms with Crippen molar-refractivity contribution in [1.82, 2.24) is 14.8 Å². The minimum atomic E-state index is -0.211. The van der Waals surface area contributed by atoms with E-state index in [1.165, 1.54) is 0 Å². The zero-order chi connectivity index (χ0) is 18.3. The van der Waals surface area contributed by atoms with Gasteiger partial charge in [0.1, 0.15) is 5.76 Å². The van der Waals surface area contributed by atoms with Crippen LogP contribution in [0.15, 0.2) is 59.3 Å². The van der Waals surface area contributed by atoms with E-state index in [4.69, 9.17) is 4.42 Å². The van der Waals surface area contributed by atoms with Crippen LogP contribution in [0.5, 0.6) is 0 Å². The highest BCUT2D eigenvalue weighted by Gasteiger charge is 2.22. The molecule has 0 aliphatic heterocycles. The summed E-state index contributed by atoms with van der Waals surface area (Å²) in [6, 6.07) is 14.0. The van der Waals surface area contributed by atoms with Gasteiger partial charge in [0.2, 0.25) is 5.89 Å². The second kappa shape index (κ2) is 6.15. The van der Waals surface area contributed by atoms with Gasteiger partial charge in [-0.1, -0.05) is 30.3 Å². The summed E-state index contributed by atoms with van der Waals surface area (Å²) in [6.45, 7) is 1.74. The predicted octanol–water partition coefficient (Wildman–Crippen LogP) is 3.81. The molecule has 0 fully saturated rings. The van der Waals surface area contributed by atoms with Crippen LogP contribution in [0.25, 0.3) is 22.2 Å². The van der Waals surface area contributed by atoms with Crippen LogP contribution >= 0.6 is 0 Å². The van der Waals surface area contributed by atoms with Crippen molar-refractivity contribution in [2.24, 2.45) is 7.05 Å². The van der Waals surface area contributed by atoms with Crippen LogP contribution in [0.2, 0.25) is 0 Å². The minimum Gasteiger partial charge on any atom is -0.440 e. The number of hydrogen-bond acceptors (Lipinski definition) is 4. The van der Waals surface area contributed by atoms with Crippen molar-refractivity contribution in [2.45, 2.75) is 6.92 Å². The molecule has 2 aromatic carbocycles. The Kier molecular flexibility index (Phi) is 3.80. The van der Waals surface area contributed by atoms with Gasteiger partial charge in [-0.15, -0.1) is 0 Å². The Hall–Kier alpha value is -3.41. The first-order chi connectivity index (χ1) is 12.5. The number of rotatable bonds is 3. The maximum atomic E-state index is 12.9. The molecule has 0 aliphatic rings. The van der Waals surface area contributed by atoms with Crippen molar-refractivity contribution >= 4 is 22.4 Å². The highest BCUT2D eigenvalue weighted by molar-refractivity contribution is 6.06. The van der Waals surface area contributed by atoms with E-state index < -0.39 is 0 Å². The molecule has 26 heavy (non-hydrogen) atoms. The van der Waals surface area contributed by atoms with Crippen LogP contribution in [0.1, 0.15) is 16.2 Å². The summed E-state index contributed by atoms with van der Waals surface area (Å²) in [5.41, 5.74) is 1.85. The molecule has 0 spiro atoms. The van der Waals surface area contributed by atoms with Gasteiger partial charge >= 0.3 is 0 Å². The van der Waals surface area contributed by atoms with E-state index in [-0.39, 0.29) is 5.91 Å². The molecule has 0 saturated heterocycles. The van der Waals surface area contributed by atoms with E-state index in [2.05, 4.69) is 10.1 Å². The third-order valence-corrected chi connectivity index (χ3v) is 4.38. The zero-order valence-corrected chi connectivity index (χ0v) is 14.8. The van der Waals surface area contributed by atoms with Gasteiger partial charge in [0.25, 0.3) is 5.91 Å². The second-order valence-electron chi connectivity index (χ2n) is 6.22. The van der Waals surface area contributed by atoms with Crippen LogP contribution in [0.4, 0.5) is 5.69 Å². The number of fused-ring (bicyclic) bond motifs is 1. The fourth-order valence-corrected chi connectivity index (χ4v) is 2.91. The fourth-order valence-electron chi connectivity index (χ4n) is 2.91. The minimum absolute atomic E-state index is 0.211. The molecule has 2 aromatic heterocycles. The number of aromatic nitrogens is 3. The lowest BCUT2D eigenvalue weighted by Gasteiger charge is -2.17. The highest BCUT2D eigenvalue weighted by atomic mass is 16.4. The summed E-state index contributed by atoms with van der Waals surface area (Å²) >= 11 is 0. The smallest absolute Gasteiger partial charge is 0.280 e. The molecule has 0 saturated carbocycles. The maximum Gasteiger partial charge on any atom is 0.280 e. The van der Waals surface area contributed by atoms with E-state index in [0.29, 0.717) is 17.3 Å². The summed E-state index contributed by atoms with van der Waals surface area (Å²) in [5, 5.41) is 6.32. The normalized spacial score (nSPS) is 11.0. The molecule has 0 unspecified atom stereocenters. The Bertz CT molecular complexity index is 1110. The first-order valence-electron chi connectivity index (χ1n) is 8.26. The first kappa shape index (κ1) is 16.1. The standard InChI is InChI=1S/C20H18N4O2/c1-13-18(22-19(26-13)16-11-21-23(2)12-16)20(25)24(3)17-9-8-14-6-4-5-7-15(14)10-17/h4-12H,1-3H3. The highest BCUT2D eigenvalue weighted by Crippen LogP contribution is 2.25. The molecule has 6 nitrogen and oxygen atoms in total. The largest absolute Gasteiger partial charge is 0.440 e. The van der Waals surface area contributed by atoms with Gasteiger partial charge in [-0.25, -0.2) is 4.98 Å². The number of anilines is 1. The lowest BCUT2D eigenvalue weighted by Crippen LogP contribution is -2.27. The van der Waals surface area contributed by atoms with Crippen LogP contribution in [-0.2, 0) is 7.05 Å². The Balaban J connectivity index is 1.67. The molecule has 1 amide bonds. The Morgan fingerprint density at radius 2 is 1.92 bits per heavy atom. The molecular weight excluding hydrogens is 328 g/mol. The number of nitrogens with zero attached hydrogens (tertiary/aromatic N) is 4. The van der Waals surface area contributed by atoms with Crippen molar-refractivity contribution < 1.29 is 9.21 Å². The van der Waals surface area contributed by atoms with Crippen molar-refractivity contribution in [2.75, 3.05) is 11.9 Å². The number of carbonyl (C=O) groups is 1. The number of oxazole rings is 1. The molecule has 4 aromatic rings. The average Bonchev–Trinajstić information content (AvgIpc) is 3.25. The van der Waals surface area contributed by atoms with Crippen LogP contribution in [-0.4, -0.2) is 27.7 Å². The summed E-state index contributed by atoms with van der Waals surface area (Å²) < 4.78 is 7.34. The van der Waals surface area contributed by atoms with Gasteiger partial charge in [0, 0.05) is 26.0 Å². The number of aryl methyl sites for hydroxylation is 2. The van der Waals surface area contributed by atoms with Gasteiger partial charge < -0.3 is 9.32 Å². The summed E-state index contributed by atoms with van der Waals surface area (Å²) in [4.78, 5) is 18.9. The van der Waals surface area contributed by atoms with E-state index in [9.17, 15) is 4.79 Å². The summed E-state index contributed by atoms with van der Waals surface area (Å²) in [5.74, 6) is 0.670. The molecule has 0 bridgehead atoms. The fraction of sp³-hybridized carbons (Fsp3) is 0.150. The number of benzene rings is 2. The summed E-state index contributed by atoms with van der Waals surface area (Å²) in [6.07, 6.45) is 3.46. The molecule has 0 atom stereocenters. The molecule has 0 radical (unpaired) electrons. The molecule has 4 rings (SSSR count). The molecule has 2 heterocycles. The van der Waals surface area contributed by atoms with E-state index in [1.54, 1.807) is 35.9 Å². The van der Waals surface area contributed by atoms with Gasteiger partial charge in [0.05, 0.1) is 11.8 Å². The van der Waals surface area contributed by atoms with Crippen LogP contribution in [0.3, 0.4) is 0 Å². The first-order valence-corrected chi connectivity index (χ1v) is 8.26. The van der Waals surface area contributed by atoms with Crippen molar-refractivity contribution in [3.05, 3.63) is 66.3 Å².